The lowest BCUT2D eigenvalue weighted by atomic mass is 10.2. The highest BCUT2D eigenvalue weighted by Crippen LogP contribution is 2.09. The third-order valence-electron chi connectivity index (χ3n) is 2.67. The van der Waals surface area contributed by atoms with Gasteiger partial charge in [-0.2, -0.15) is 10.1 Å². The Bertz CT molecular complexity index is 476. The van der Waals surface area contributed by atoms with Crippen LogP contribution in [-0.2, 0) is 13.5 Å². The van der Waals surface area contributed by atoms with Gasteiger partial charge in [-0.05, 0) is 13.0 Å². The second-order valence-electron chi connectivity index (χ2n) is 4.04. The molecule has 0 amide bonds. The highest BCUT2D eigenvalue weighted by atomic mass is 16.5. The fraction of sp³-hybridized carbons (Fsp3) is 0.545. The van der Waals surface area contributed by atoms with E-state index in [1.54, 1.807) is 13.1 Å². The summed E-state index contributed by atoms with van der Waals surface area (Å²) in [6.45, 7) is 4.71. The van der Waals surface area contributed by atoms with Crippen molar-refractivity contribution in [1.82, 2.24) is 25.2 Å². The molecule has 0 fully saturated rings. The third-order valence-corrected chi connectivity index (χ3v) is 2.67. The Kier molecular flexibility index (Phi) is 3.53. The minimum atomic E-state index is 0.260. The topological polar surface area (TPSA) is 68.8 Å². The molecule has 1 atom stereocenters. The number of hydrogen-bond donors (Lipinski definition) is 1. The van der Waals surface area contributed by atoms with E-state index < -0.39 is 0 Å². The van der Waals surface area contributed by atoms with Crippen molar-refractivity contribution in [2.45, 2.75) is 26.3 Å². The maximum atomic E-state index is 4.91. The van der Waals surface area contributed by atoms with Crippen LogP contribution in [0, 0.1) is 6.92 Å². The SMILES string of the molecule is Cc1nc(CCNC(C)c2ccnn2C)no1. The molecule has 0 bridgehead atoms. The molecule has 0 aliphatic rings. The fourth-order valence-corrected chi connectivity index (χ4v) is 1.76. The van der Waals surface area contributed by atoms with Gasteiger partial charge in [0.1, 0.15) is 0 Å². The first-order valence-electron chi connectivity index (χ1n) is 5.67. The van der Waals surface area contributed by atoms with Crippen LogP contribution in [0.2, 0.25) is 0 Å². The van der Waals surface area contributed by atoms with Crippen LogP contribution in [0.4, 0.5) is 0 Å². The molecule has 0 saturated heterocycles. The van der Waals surface area contributed by atoms with Gasteiger partial charge in [-0.15, -0.1) is 0 Å². The minimum absolute atomic E-state index is 0.260. The van der Waals surface area contributed by atoms with Crippen molar-refractivity contribution >= 4 is 0 Å². The second-order valence-corrected chi connectivity index (χ2v) is 4.04. The molecule has 0 saturated carbocycles. The van der Waals surface area contributed by atoms with Crippen LogP contribution >= 0.6 is 0 Å². The van der Waals surface area contributed by atoms with Gasteiger partial charge in [0.2, 0.25) is 5.89 Å². The normalized spacial score (nSPS) is 12.9. The van der Waals surface area contributed by atoms with Crippen molar-refractivity contribution in [1.29, 1.82) is 0 Å². The summed E-state index contributed by atoms with van der Waals surface area (Å²) in [4.78, 5) is 4.15. The fourth-order valence-electron chi connectivity index (χ4n) is 1.76. The van der Waals surface area contributed by atoms with Crippen molar-refractivity contribution in [2.24, 2.45) is 7.05 Å². The first-order chi connectivity index (χ1) is 8.16. The van der Waals surface area contributed by atoms with Crippen molar-refractivity contribution in [3.05, 3.63) is 29.7 Å². The summed E-state index contributed by atoms with van der Waals surface area (Å²) >= 11 is 0. The number of nitrogens with zero attached hydrogens (tertiary/aromatic N) is 4. The van der Waals surface area contributed by atoms with Crippen LogP contribution in [0.5, 0.6) is 0 Å². The van der Waals surface area contributed by atoms with E-state index in [4.69, 9.17) is 4.52 Å². The molecule has 6 nitrogen and oxygen atoms in total. The number of hydrogen-bond acceptors (Lipinski definition) is 5. The molecule has 0 aromatic carbocycles. The average Bonchev–Trinajstić information content (AvgIpc) is 2.87. The molecule has 2 heterocycles. The smallest absolute Gasteiger partial charge is 0.223 e. The monoisotopic (exact) mass is 235 g/mol. The van der Waals surface area contributed by atoms with Crippen LogP contribution in [0.3, 0.4) is 0 Å². The molecule has 2 aromatic heterocycles. The number of nitrogens with one attached hydrogen (secondary N) is 1. The highest BCUT2D eigenvalue weighted by molar-refractivity contribution is 5.05. The molecule has 17 heavy (non-hydrogen) atoms. The molecule has 6 heteroatoms. The highest BCUT2D eigenvalue weighted by Gasteiger charge is 2.09. The molecular formula is C11H17N5O. The summed E-state index contributed by atoms with van der Waals surface area (Å²) in [5.74, 6) is 1.35. The minimum Gasteiger partial charge on any atom is -0.340 e. The number of rotatable bonds is 5. The maximum absolute atomic E-state index is 4.91. The van der Waals surface area contributed by atoms with E-state index in [-0.39, 0.29) is 6.04 Å². The molecule has 0 aliphatic carbocycles. The van der Waals surface area contributed by atoms with E-state index in [2.05, 4.69) is 27.5 Å². The molecule has 0 aliphatic heterocycles. The quantitative estimate of drug-likeness (QED) is 0.837. The van der Waals surface area contributed by atoms with E-state index in [1.807, 2.05) is 17.8 Å². The summed E-state index contributed by atoms with van der Waals surface area (Å²) in [6, 6.07) is 2.27. The molecule has 92 valence electrons. The Hall–Kier alpha value is -1.69. The van der Waals surface area contributed by atoms with Gasteiger partial charge < -0.3 is 9.84 Å². The lowest BCUT2D eigenvalue weighted by Crippen LogP contribution is -2.23. The van der Waals surface area contributed by atoms with Gasteiger partial charge in [-0.3, -0.25) is 4.68 Å². The Balaban J connectivity index is 1.81. The van der Waals surface area contributed by atoms with Crippen molar-refractivity contribution in [3.63, 3.8) is 0 Å². The summed E-state index contributed by atoms with van der Waals surface area (Å²) < 4.78 is 6.78. The van der Waals surface area contributed by atoms with Crippen LogP contribution in [0.15, 0.2) is 16.8 Å². The average molecular weight is 235 g/mol. The van der Waals surface area contributed by atoms with Crippen molar-refractivity contribution in [2.75, 3.05) is 6.54 Å². The predicted octanol–water partition coefficient (Wildman–Crippen LogP) is 1.00. The van der Waals surface area contributed by atoms with Crippen molar-refractivity contribution in [3.8, 4) is 0 Å². The number of aryl methyl sites for hydroxylation is 2. The first kappa shape index (κ1) is 11.8. The molecular weight excluding hydrogens is 218 g/mol. The Morgan fingerprint density at radius 1 is 1.53 bits per heavy atom. The zero-order chi connectivity index (χ0) is 12.3. The van der Waals surface area contributed by atoms with Gasteiger partial charge in [0.25, 0.3) is 0 Å². The second kappa shape index (κ2) is 5.09. The molecule has 2 aromatic rings. The van der Waals surface area contributed by atoms with Crippen LogP contribution in [0.1, 0.15) is 30.4 Å². The molecule has 1 unspecified atom stereocenters. The van der Waals surface area contributed by atoms with Gasteiger partial charge >= 0.3 is 0 Å². The summed E-state index contributed by atoms with van der Waals surface area (Å²) in [7, 11) is 1.94. The van der Waals surface area contributed by atoms with E-state index in [0.29, 0.717) is 5.89 Å². The van der Waals surface area contributed by atoms with Crippen LogP contribution in [-0.4, -0.2) is 26.5 Å². The van der Waals surface area contributed by atoms with E-state index >= 15 is 0 Å². The largest absolute Gasteiger partial charge is 0.340 e. The Morgan fingerprint density at radius 2 is 2.35 bits per heavy atom. The Labute approximate surface area is 100 Å². The van der Waals surface area contributed by atoms with Crippen LogP contribution < -0.4 is 5.32 Å². The molecule has 0 spiro atoms. The first-order valence-corrected chi connectivity index (χ1v) is 5.67. The zero-order valence-electron chi connectivity index (χ0n) is 10.3. The van der Waals surface area contributed by atoms with Gasteiger partial charge in [-0.1, -0.05) is 5.16 Å². The van der Waals surface area contributed by atoms with Gasteiger partial charge in [0, 0.05) is 39.2 Å². The maximum Gasteiger partial charge on any atom is 0.223 e. The van der Waals surface area contributed by atoms with E-state index in [9.17, 15) is 0 Å². The molecule has 2 rings (SSSR count). The van der Waals surface area contributed by atoms with E-state index in [1.165, 1.54) is 0 Å². The molecule has 1 N–H and O–H groups in total. The lowest BCUT2D eigenvalue weighted by molar-refractivity contribution is 0.386. The summed E-state index contributed by atoms with van der Waals surface area (Å²) in [6.07, 6.45) is 2.57. The van der Waals surface area contributed by atoms with Gasteiger partial charge in [0.05, 0.1) is 5.69 Å². The third kappa shape index (κ3) is 2.91. The zero-order valence-corrected chi connectivity index (χ0v) is 10.3. The Morgan fingerprint density at radius 3 is 2.94 bits per heavy atom. The van der Waals surface area contributed by atoms with E-state index in [0.717, 1.165) is 24.5 Å². The van der Waals surface area contributed by atoms with Crippen LogP contribution in [0.25, 0.3) is 0 Å². The van der Waals surface area contributed by atoms with Gasteiger partial charge in [-0.25, -0.2) is 0 Å². The summed E-state index contributed by atoms with van der Waals surface area (Å²) in [5.41, 5.74) is 1.16. The number of aromatic nitrogens is 4. The predicted molar refractivity (Wildman–Crippen MR) is 62.4 cm³/mol. The molecule has 0 radical (unpaired) electrons. The van der Waals surface area contributed by atoms with Crippen molar-refractivity contribution < 1.29 is 4.52 Å². The van der Waals surface area contributed by atoms with Gasteiger partial charge in [0.15, 0.2) is 5.82 Å². The summed E-state index contributed by atoms with van der Waals surface area (Å²) in [5, 5.41) is 11.4. The lowest BCUT2D eigenvalue weighted by Gasteiger charge is -2.13. The standard InChI is InChI=1S/C11H17N5O/c1-8(10-4-7-13-16(10)3)12-6-5-11-14-9(2)17-15-11/h4,7-8,12H,5-6H2,1-3H3.